The van der Waals surface area contributed by atoms with E-state index in [0.29, 0.717) is 23.8 Å². The molecule has 106 valence electrons. The van der Waals surface area contributed by atoms with Gasteiger partial charge in [-0.3, -0.25) is 9.89 Å². The molecule has 0 spiro atoms. The zero-order valence-electron chi connectivity index (χ0n) is 11.1. The summed E-state index contributed by atoms with van der Waals surface area (Å²) in [6.45, 7) is 4.46. The molecule has 2 rings (SSSR count). The first kappa shape index (κ1) is 14.4. The van der Waals surface area contributed by atoms with Gasteiger partial charge in [-0.05, 0) is 35.8 Å². The van der Waals surface area contributed by atoms with Gasteiger partial charge in [0, 0.05) is 17.2 Å². The van der Waals surface area contributed by atoms with E-state index in [2.05, 4.69) is 46.7 Å². The minimum atomic E-state index is -0.265. The fraction of sp³-hybridized carbons (Fsp3) is 0.333. The van der Waals surface area contributed by atoms with Gasteiger partial charge in [0.15, 0.2) is 0 Å². The van der Waals surface area contributed by atoms with Gasteiger partial charge in [0.1, 0.15) is 18.0 Å². The van der Waals surface area contributed by atoms with Crippen LogP contribution in [0.2, 0.25) is 0 Å². The van der Waals surface area contributed by atoms with Gasteiger partial charge in [0.2, 0.25) is 0 Å². The Labute approximate surface area is 124 Å². The minimum absolute atomic E-state index is 0.223. The Morgan fingerprint density at radius 2 is 2.30 bits per heavy atom. The number of carbonyl (C=O) groups excluding carboxylic acids is 1. The third kappa shape index (κ3) is 3.32. The van der Waals surface area contributed by atoms with Crippen molar-refractivity contribution in [2.45, 2.75) is 19.9 Å². The molecule has 1 atom stereocenters. The number of halogens is 1. The standard InChI is InChI=1S/C12H15BrN6O/c1-3-14-11-9(4-8(13)5-15-11)12(20)18-7(2)10-16-6-17-19-10/h4-7H,3H2,1-2H3,(H,14,15)(H,18,20)(H,16,17,19). The lowest BCUT2D eigenvalue weighted by Gasteiger charge is -2.14. The van der Waals surface area contributed by atoms with E-state index in [-0.39, 0.29) is 11.9 Å². The van der Waals surface area contributed by atoms with Gasteiger partial charge in [0.05, 0.1) is 11.6 Å². The Morgan fingerprint density at radius 1 is 1.50 bits per heavy atom. The van der Waals surface area contributed by atoms with Crippen LogP contribution in [-0.4, -0.2) is 32.6 Å². The van der Waals surface area contributed by atoms with Crippen molar-refractivity contribution in [1.82, 2.24) is 25.5 Å². The molecule has 20 heavy (non-hydrogen) atoms. The van der Waals surface area contributed by atoms with Crippen LogP contribution >= 0.6 is 15.9 Å². The maximum Gasteiger partial charge on any atom is 0.255 e. The van der Waals surface area contributed by atoms with Crippen molar-refractivity contribution < 1.29 is 4.79 Å². The first-order chi connectivity index (χ1) is 9.61. The molecule has 0 aliphatic heterocycles. The molecule has 0 saturated carbocycles. The van der Waals surface area contributed by atoms with Crippen molar-refractivity contribution in [3.8, 4) is 0 Å². The molecular formula is C12H15BrN6O. The van der Waals surface area contributed by atoms with Crippen molar-refractivity contribution >= 4 is 27.7 Å². The number of carbonyl (C=O) groups is 1. The lowest BCUT2D eigenvalue weighted by Crippen LogP contribution is -2.28. The molecule has 1 amide bonds. The molecule has 0 bridgehead atoms. The third-order valence-electron chi connectivity index (χ3n) is 2.63. The second-order valence-electron chi connectivity index (χ2n) is 4.15. The summed E-state index contributed by atoms with van der Waals surface area (Å²) in [5.74, 6) is 0.933. The lowest BCUT2D eigenvalue weighted by atomic mass is 10.2. The molecule has 3 N–H and O–H groups in total. The van der Waals surface area contributed by atoms with Crippen LogP contribution in [0.1, 0.15) is 36.1 Å². The van der Waals surface area contributed by atoms with E-state index in [1.807, 2.05) is 13.8 Å². The van der Waals surface area contributed by atoms with Crippen LogP contribution in [0.4, 0.5) is 5.82 Å². The summed E-state index contributed by atoms with van der Waals surface area (Å²) < 4.78 is 0.747. The summed E-state index contributed by atoms with van der Waals surface area (Å²) in [6.07, 6.45) is 3.05. The molecule has 2 aromatic rings. The minimum Gasteiger partial charge on any atom is -0.370 e. The lowest BCUT2D eigenvalue weighted by molar-refractivity contribution is 0.0939. The van der Waals surface area contributed by atoms with E-state index < -0.39 is 0 Å². The zero-order valence-corrected chi connectivity index (χ0v) is 12.7. The summed E-state index contributed by atoms with van der Waals surface area (Å²) in [5, 5.41) is 12.4. The summed E-state index contributed by atoms with van der Waals surface area (Å²) in [6, 6.07) is 1.46. The van der Waals surface area contributed by atoms with Gasteiger partial charge in [-0.2, -0.15) is 5.10 Å². The number of aromatic nitrogens is 4. The molecule has 0 aliphatic carbocycles. The summed E-state index contributed by atoms with van der Waals surface area (Å²) in [4.78, 5) is 20.5. The largest absolute Gasteiger partial charge is 0.370 e. The Hall–Kier alpha value is -1.96. The number of nitrogens with zero attached hydrogens (tertiary/aromatic N) is 3. The number of aromatic amines is 1. The molecule has 0 fully saturated rings. The van der Waals surface area contributed by atoms with Crippen LogP contribution in [-0.2, 0) is 0 Å². The van der Waals surface area contributed by atoms with E-state index in [9.17, 15) is 4.79 Å². The topological polar surface area (TPSA) is 95.6 Å². The predicted octanol–water partition coefficient (Wildman–Crippen LogP) is 1.88. The molecule has 8 heteroatoms. The van der Waals surface area contributed by atoms with E-state index in [1.54, 1.807) is 12.3 Å². The van der Waals surface area contributed by atoms with Crippen LogP contribution in [0.5, 0.6) is 0 Å². The molecular weight excluding hydrogens is 324 g/mol. The van der Waals surface area contributed by atoms with E-state index in [4.69, 9.17) is 0 Å². The SMILES string of the molecule is CCNc1ncc(Br)cc1C(=O)NC(C)c1ncn[nH]1. The number of anilines is 1. The van der Waals surface area contributed by atoms with Crippen molar-refractivity contribution in [1.29, 1.82) is 0 Å². The molecule has 2 aromatic heterocycles. The second-order valence-corrected chi connectivity index (χ2v) is 5.06. The van der Waals surface area contributed by atoms with Crippen LogP contribution in [0.3, 0.4) is 0 Å². The fourth-order valence-corrected chi connectivity index (χ4v) is 2.02. The Bertz CT molecular complexity index is 586. The van der Waals surface area contributed by atoms with Crippen molar-refractivity contribution in [3.05, 3.63) is 34.5 Å². The maximum atomic E-state index is 12.3. The normalized spacial score (nSPS) is 11.9. The monoisotopic (exact) mass is 338 g/mol. The highest BCUT2D eigenvalue weighted by molar-refractivity contribution is 9.10. The van der Waals surface area contributed by atoms with E-state index in [0.717, 1.165) is 4.47 Å². The van der Waals surface area contributed by atoms with E-state index >= 15 is 0 Å². The zero-order chi connectivity index (χ0) is 14.5. The van der Waals surface area contributed by atoms with Gasteiger partial charge in [-0.25, -0.2) is 9.97 Å². The highest BCUT2D eigenvalue weighted by Gasteiger charge is 2.17. The highest BCUT2D eigenvalue weighted by atomic mass is 79.9. The first-order valence-electron chi connectivity index (χ1n) is 6.17. The molecule has 7 nitrogen and oxygen atoms in total. The van der Waals surface area contributed by atoms with Crippen LogP contribution < -0.4 is 10.6 Å². The number of rotatable bonds is 5. The molecule has 0 radical (unpaired) electrons. The number of hydrogen-bond acceptors (Lipinski definition) is 5. The van der Waals surface area contributed by atoms with Gasteiger partial charge in [-0.1, -0.05) is 0 Å². The molecule has 0 aromatic carbocycles. The molecule has 0 saturated heterocycles. The summed E-state index contributed by atoms with van der Waals surface area (Å²) in [5.41, 5.74) is 0.479. The number of hydrogen-bond donors (Lipinski definition) is 3. The highest BCUT2D eigenvalue weighted by Crippen LogP contribution is 2.19. The number of nitrogens with one attached hydrogen (secondary N) is 3. The maximum absolute atomic E-state index is 12.3. The molecule has 1 unspecified atom stereocenters. The number of amides is 1. The average molecular weight is 339 g/mol. The molecule has 0 aliphatic rings. The predicted molar refractivity (Wildman–Crippen MR) is 78.4 cm³/mol. The summed E-state index contributed by atoms with van der Waals surface area (Å²) in [7, 11) is 0. The van der Waals surface area contributed by atoms with Gasteiger partial charge >= 0.3 is 0 Å². The first-order valence-corrected chi connectivity index (χ1v) is 6.96. The number of pyridine rings is 1. The average Bonchev–Trinajstić information content (AvgIpc) is 2.95. The Morgan fingerprint density at radius 3 is 2.95 bits per heavy atom. The van der Waals surface area contributed by atoms with E-state index in [1.165, 1.54) is 6.33 Å². The van der Waals surface area contributed by atoms with Gasteiger partial charge < -0.3 is 10.6 Å². The fourth-order valence-electron chi connectivity index (χ4n) is 1.69. The van der Waals surface area contributed by atoms with Crippen LogP contribution in [0.15, 0.2) is 23.1 Å². The Balaban J connectivity index is 2.18. The van der Waals surface area contributed by atoms with Gasteiger partial charge in [-0.15, -0.1) is 0 Å². The quantitative estimate of drug-likeness (QED) is 0.773. The second kappa shape index (κ2) is 6.47. The Kier molecular flexibility index (Phi) is 4.67. The van der Waals surface area contributed by atoms with Crippen LogP contribution in [0, 0.1) is 0 Å². The van der Waals surface area contributed by atoms with Gasteiger partial charge in [0.25, 0.3) is 5.91 Å². The third-order valence-corrected chi connectivity index (χ3v) is 3.07. The molecule has 2 heterocycles. The summed E-state index contributed by atoms with van der Waals surface area (Å²) >= 11 is 3.32. The van der Waals surface area contributed by atoms with Crippen molar-refractivity contribution in [3.63, 3.8) is 0 Å². The number of H-pyrrole nitrogens is 1. The smallest absolute Gasteiger partial charge is 0.255 e. The van der Waals surface area contributed by atoms with Crippen molar-refractivity contribution in [2.75, 3.05) is 11.9 Å². The van der Waals surface area contributed by atoms with Crippen molar-refractivity contribution in [2.24, 2.45) is 0 Å². The van der Waals surface area contributed by atoms with Crippen LogP contribution in [0.25, 0.3) is 0 Å².